The number of rotatable bonds is 4. The molecule has 0 unspecified atom stereocenters. The van der Waals surface area contributed by atoms with Gasteiger partial charge >= 0.3 is 5.97 Å². The van der Waals surface area contributed by atoms with Gasteiger partial charge in [-0.2, -0.15) is 8.42 Å². The molecule has 0 aromatic heterocycles. The Labute approximate surface area is 108 Å². The van der Waals surface area contributed by atoms with Gasteiger partial charge in [-0.1, -0.05) is 23.2 Å². The molecule has 0 spiro atoms. The summed E-state index contributed by atoms with van der Waals surface area (Å²) in [5, 5.41) is 8.91. The molecule has 94 valence electrons. The van der Waals surface area contributed by atoms with Gasteiger partial charge in [-0.15, -0.1) is 0 Å². The maximum Gasteiger partial charge on any atom is 0.337 e. The van der Waals surface area contributed by atoms with Crippen LogP contribution in [0.5, 0.6) is 0 Å². The summed E-state index contributed by atoms with van der Waals surface area (Å²) in [4.78, 5) is 10.9. The number of aromatic carboxylic acids is 1. The molecule has 0 fully saturated rings. The zero-order valence-corrected chi connectivity index (χ0v) is 10.8. The number of hydrogen-bond donors (Lipinski definition) is 3. The van der Waals surface area contributed by atoms with Crippen molar-refractivity contribution in [3.63, 3.8) is 0 Å². The van der Waals surface area contributed by atoms with Crippen LogP contribution in [0.25, 0.3) is 0 Å². The van der Waals surface area contributed by atoms with Crippen LogP contribution in [0.2, 0.25) is 10.0 Å². The maximum atomic E-state index is 11.3. The van der Waals surface area contributed by atoms with Gasteiger partial charge in [-0.05, 0) is 12.1 Å². The molecule has 0 saturated carbocycles. The van der Waals surface area contributed by atoms with Gasteiger partial charge in [0.2, 0.25) is 0 Å². The first-order chi connectivity index (χ1) is 7.76. The predicted octanol–water partition coefficient (Wildman–Crippen LogP) is 1.57. The SMILES string of the molecule is CNS(=O)(=O)Nc1c(Cl)cc(Cl)cc1C(=O)O. The van der Waals surface area contributed by atoms with Gasteiger partial charge in [-0.3, -0.25) is 4.72 Å². The fraction of sp³-hybridized carbons (Fsp3) is 0.125. The Balaban J connectivity index is 3.37. The summed E-state index contributed by atoms with van der Waals surface area (Å²) in [6, 6.07) is 2.34. The topological polar surface area (TPSA) is 95.5 Å². The Morgan fingerprint density at radius 3 is 2.41 bits per heavy atom. The summed E-state index contributed by atoms with van der Waals surface area (Å²) in [6.45, 7) is 0. The van der Waals surface area contributed by atoms with E-state index < -0.39 is 16.2 Å². The second-order valence-corrected chi connectivity index (χ2v) is 5.39. The van der Waals surface area contributed by atoms with E-state index in [0.29, 0.717) is 0 Å². The second kappa shape index (κ2) is 5.09. The molecule has 9 heteroatoms. The number of nitrogens with one attached hydrogen (secondary N) is 2. The third kappa shape index (κ3) is 3.47. The minimum atomic E-state index is -3.85. The lowest BCUT2D eigenvalue weighted by molar-refractivity contribution is 0.0698. The summed E-state index contributed by atoms with van der Waals surface area (Å²) in [6.07, 6.45) is 0. The third-order valence-corrected chi connectivity index (χ3v) is 3.32. The molecule has 0 aliphatic carbocycles. The van der Waals surface area contributed by atoms with E-state index in [9.17, 15) is 13.2 Å². The van der Waals surface area contributed by atoms with Crippen LogP contribution in [0.4, 0.5) is 5.69 Å². The number of carboxylic acid groups (broad SMARTS) is 1. The molecule has 1 aromatic rings. The van der Waals surface area contributed by atoms with Gasteiger partial charge < -0.3 is 5.11 Å². The van der Waals surface area contributed by atoms with E-state index in [0.717, 1.165) is 6.07 Å². The Hall–Kier alpha value is -1.02. The van der Waals surface area contributed by atoms with E-state index in [-0.39, 0.29) is 21.3 Å². The summed E-state index contributed by atoms with van der Waals surface area (Å²) in [5.74, 6) is -1.34. The van der Waals surface area contributed by atoms with Crippen molar-refractivity contribution in [2.45, 2.75) is 0 Å². The van der Waals surface area contributed by atoms with Crippen molar-refractivity contribution in [3.8, 4) is 0 Å². The smallest absolute Gasteiger partial charge is 0.337 e. The first-order valence-electron chi connectivity index (χ1n) is 4.20. The highest BCUT2D eigenvalue weighted by molar-refractivity contribution is 7.90. The van der Waals surface area contributed by atoms with Crippen molar-refractivity contribution in [2.24, 2.45) is 0 Å². The van der Waals surface area contributed by atoms with Crippen LogP contribution in [-0.2, 0) is 10.2 Å². The van der Waals surface area contributed by atoms with Crippen molar-refractivity contribution in [3.05, 3.63) is 27.7 Å². The molecule has 6 nitrogen and oxygen atoms in total. The van der Waals surface area contributed by atoms with E-state index in [4.69, 9.17) is 28.3 Å². The molecule has 0 bridgehead atoms. The van der Waals surface area contributed by atoms with E-state index in [1.54, 1.807) is 0 Å². The lowest BCUT2D eigenvalue weighted by Gasteiger charge is -2.11. The van der Waals surface area contributed by atoms with Crippen LogP contribution < -0.4 is 9.44 Å². The average molecular weight is 299 g/mol. The van der Waals surface area contributed by atoms with E-state index >= 15 is 0 Å². The van der Waals surface area contributed by atoms with Crippen molar-refractivity contribution >= 4 is 45.1 Å². The molecular formula is C8H8Cl2N2O4S. The van der Waals surface area contributed by atoms with Crippen LogP contribution in [0.3, 0.4) is 0 Å². The highest BCUT2D eigenvalue weighted by atomic mass is 35.5. The Morgan fingerprint density at radius 1 is 1.35 bits per heavy atom. The normalized spacial score (nSPS) is 11.2. The van der Waals surface area contributed by atoms with E-state index in [2.05, 4.69) is 0 Å². The fourth-order valence-corrected chi connectivity index (χ4v) is 2.22. The summed E-state index contributed by atoms with van der Waals surface area (Å²) in [7, 11) is -2.68. The molecule has 0 radical (unpaired) electrons. The molecule has 0 aliphatic heterocycles. The first-order valence-corrected chi connectivity index (χ1v) is 6.44. The Kier molecular flexibility index (Phi) is 4.21. The molecule has 1 aromatic carbocycles. The van der Waals surface area contributed by atoms with E-state index in [1.807, 2.05) is 9.44 Å². The molecule has 1 rings (SSSR count). The molecule has 3 N–H and O–H groups in total. The summed E-state index contributed by atoms with van der Waals surface area (Å²) < 4.78 is 26.5. The zero-order chi connectivity index (χ0) is 13.2. The van der Waals surface area contributed by atoms with Crippen LogP contribution in [-0.4, -0.2) is 26.5 Å². The Morgan fingerprint density at radius 2 is 1.94 bits per heavy atom. The van der Waals surface area contributed by atoms with Gasteiger partial charge in [0.25, 0.3) is 10.2 Å². The summed E-state index contributed by atoms with van der Waals surface area (Å²) >= 11 is 11.4. The van der Waals surface area contributed by atoms with Crippen LogP contribution in [0, 0.1) is 0 Å². The molecule has 0 heterocycles. The van der Waals surface area contributed by atoms with Gasteiger partial charge in [0.05, 0.1) is 16.3 Å². The van der Waals surface area contributed by atoms with Gasteiger partial charge in [0.1, 0.15) is 0 Å². The lowest BCUT2D eigenvalue weighted by Crippen LogP contribution is -2.27. The first kappa shape index (κ1) is 14.0. The third-order valence-electron chi connectivity index (χ3n) is 1.79. The minimum Gasteiger partial charge on any atom is -0.478 e. The molecular weight excluding hydrogens is 291 g/mol. The van der Waals surface area contributed by atoms with Gasteiger partial charge in [0.15, 0.2) is 0 Å². The van der Waals surface area contributed by atoms with Crippen molar-refractivity contribution in [1.29, 1.82) is 0 Å². The largest absolute Gasteiger partial charge is 0.478 e. The van der Waals surface area contributed by atoms with Crippen LogP contribution in [0.15, 0.2) is 12.1 Å². The maximum absolute atomic E-state index is 11.3. The summed E-state index contributed by atoms with van der Waals surface area (Å²) in [5.41, 5.74) is -0.570. The number of hydrogen-bond acceptors (Lipinski definition) is 3. The molecule has 0 saturated heterocycles. The number of carbonyl (C=O) groups is 1. The molecule has 0 atom stereocenters. The van der Waals surface area contributed by atoms with Crippen molar-refractivity contribution < 1.29 is 18.3 Å². The minimum absolute atomic E-state index is 0.0970. The highest BCUT2D eigenvalue weighted by Crippen LogP contribution is 2.30. The van der Waals surface area contributed by atoms with Crippen LogP contribution >= 0.6 is 23.2 Å². The Bertz CT molecular complexity index is 559. The molecule has 0 aliphatic rings. The monoisotopic (exact) mass is 298 g/mol. The number of carboxylic acids is 1. The molecule has 17 heavy (non-hydrogen) atoms. The van der Waals surface area contributed by atoms with Gasteiger partial charge in [-0.25, -0.2) is 9.52 Å². The zero-order valence-electron chi connectivity index (χ0n) is 8.49. The van der Waals surface area contributed by atoms with E-state index in [1.165, 1.54) is 13.1 Å². The standard InChI is InChI=1S/C8H8Cl2N2O4S/c1-11-17(15,16)12-7-5(8(13)14)2-4(9)3-6(7)10/h2-3,11-12H,1H3,(H,13,14). The quantitative estimate of drug-likeness (QED) is 0.786. The second-order valence-electron chi connectivity index (χ2n) is 2.92. The fourth-order valence-electron chi connectivity index (χ4n) is 1.03. The number of anilines is 1. The average Bonchev–Trinajstić information content (AvgIpc) is 2.21. The predicted molar refractivity (Wildman–Crippen MR) is 65.0 cm³/mol. The number of halogens is 2. The lowest BCUT2D eigenvalue weighted by atomic mass is 10.2. The van der Waals surface area contributed by atoms with Gasteiger partial charge in [0, 0.05) is 12.1 Å². The van der Waals surface area contributed by atoms with Crippen LogP contribution in [0.1, 0.15) is 10.4 Å². The van der Waals surface area contributed by atoms with Crippen molar-refractivity contribution in [1.82, 2.24) is 4.72 Å². The molecule has 0 amide bonds. The van der Waals surface area contributed by atoms with Crippen molar-refractivity contribution in [2.75, 3.05) is 11.8 Å². The highest BCUT2D eigenvalue weighted by Gasteiger charge is 2.19. The number of benzene rings is 1.